The van der Waals surface area contributed by atoms with E-state index in [1.54, 1.807) is 38.5 Å². The third-order valence-electron chi connectivity index (χ3n) is 4.37. The van der Waals surface area contributed by atoms with Crippen molar-refractivity contribution in [2.45, 2.75) is 6.42 Å². The molecule has 0 fully saturated rings. The number of methoxy groups -OCH3 is 1. The van der Waals surface area contributed by atoms with Gasteiger partial charge in [0.25, 0.3) is 5.91 Å². The summed E-state index contributed by atoms with van der Waals surface area (Å²) in [4.78, 5) is 30.3. The molecule has 1 heterocycles. The van der Waals surface area contributed by atoms with E-state index in [1.807, 2.05) is 0 Å². The van der Waals surface area contributed by atoms with E-state index >= 15 is 0 Å². The molecule has 0 unspecified atom stereocenters. The Bertz CT molecular complexity index is 1060. The second-order valence-electron chi connectivity index (χ2n) is 6.55. The van der Waals surface area contributed by atoms with E-state index in [2.05, 4.69) is 4.98 Å². The largest absolute Gasteiger partial charge is 0.505 e. The van der Waals surface area contributed by atoms with Crippen molar-refractivity contribution < 1.29 is 23.8 Å². The average Bonchev–Trinajstić information content (AvgIpc) is 2.69. The van der Waals surface area contributed by atoms with Gasteiger partial charge in [0, 0.05) is 25.7 Å². The lowest BCUT2D eigenvalue weighted by Gasteiger charge is -2.15. The summed E-state index contributed by atoms with van der Waals surface area (Å²) in [6, 6.07) is 9.14. The van der Waals surface area contributed by atoms with Crippen LogP contribution in [0, 0.1) is 5.82 Å². The second kappa shape index (κ2) is 7.64. The minimum Gasteiger partial charge on any atom is -0.505 e. The number of carbonyl (C=O) groups is 2. The summed E-state index contributed by atoms with van der Waals surface area (Å²) in [6.07, 6.45) is 2.02. The maximum Gasteiger partial charge on any atom is 0.341 e. The highest BCUT2D eigenvalue weighted by atomic mass is 19.1. The predicted molar refractivity (Wildman–Crippen MR) is 102 cm³/mol. The molecule has 1 N–H and O–H groups in total. The van der Waals surface area contributed by atoms with Gasteiger partial charge in [0.05, 0.1) is 12.7 Å². The van der Waals surface area contributed by atoms with Crippen LogP contribution in [-0.4, -0.2) is 48.1 Å². The molecule has 2 aromatic carbocycles. The smallest absolute Gasteiger partial charge is 0.341 e. The number of ether oxygens (including phenoxy) is 1. The molecule has 0 bridgehead atoms. The zero-order chi connectivity index (χ0) is 20.4. The third-order valence-corrected chi connectivity index (χ3v) is 4.37. The van der Waals surface area contributed by atoms with Crippen molar-refractivity contribution >= 4 is 22.8 Å². The molecule has 0 aliphatic heterocycles. The lowest BCUT2D eigenvalue weighted by atomic mass is 9.98. The minimum absolute atomic E-state index is 0.126. The molecule has 6 nitrogen and oxygen atoms in total. The van der Waals surface area contributed by atoms with E-state index in [4.69, 9.17) is 4.74 Å². The number of phenolic OH excluding ortho intramolecular Hbond substituents is 1. The molecule has 3 rings (SSSR count). The Hall–Kier alpha value is -3.48. The molecule has 0 aliphatic rings. The number of pyridine rings is 1. The van der Waals surface area contributed by atoms with Crippen molar-refractivity contribution in [3.63, 3.8) is 0 Å². The molecular formula is C21H19FN2O4. The van der Waals surface area contributed by atoms with Crippen LogP contribution in [0.25, 0.3) is 10.9 Å². The van der Waals surface area contributed by atoms with Gasteiger partial charge in [0.2, 0.25) is 0 Å². The van der Waals surface area contributed by atoms with Crippen molar-refractivity contribution in [3.05, 3.63) is 70.7 Å². The number of rotatable bonds is 4. The summed E-state index contributed by atoms with van der Waals surface area (Å²) in [6.45, 7) is 0. The van der Waals surface area contributed by atoms with Gasteiger partial charge in [-0.25, -0.2) is 9.18 Å². The van der Waals surface area contributed by atoms with Gasteiger partial charge in [-0.2, -0.15) is 0 Å². The maximum atomic E-state index is 13.1. The van der Waals surface area contributed by atoms with Crippen LogP contribution in [0.1, 0.15) is 31.8 Å². The number of hydrogen-bond donors (Lipinski definition) is 1. The Kier molecular flexibility index (Phi) is 5.26. The van der Waals surface area contributed by atoms with Crippen LogP contribution in [0.4, 0.5) is 4.39 Å². The van der Waals surface area contributed by atoms with E-state index in [-0.39, 0.29) is 34.1 Å². The number of fused-ring (bicyclic) bond motifs is 1. The van der Waals surface area contributed by atoms with Crippen LogP contribution < -0.4 is 0 Å². The Labute approximate surface area is 161 Å². The molecule has 28 heavy (non-hydrogen) atoms. The summed E-state index contributed by atoms with van der Waals surface area (Å²) >= 11 is 0. The highest BCUT2D eigenvalue weighted by Gasteiger charge is 2.23. The maximum absolute atomic E-state index is 13.1. The zero-order valence-corrected chi connectivity index (χ0v) is 15.7. The second-order valence-corrected chi connectivity index (χ2v) is 6.55. The first-order chi connectivity index (χ1) is 13.3. The number of halogens is 1. The number of esters is 1. The molecule has 3 aromatic rings. The first-order valence-corrected chi connectivity index (χ1v) is 8.50. The molecule has 0 aliphatic carbocycles. The zero-order valence-electron chi connectivity index (χ0n) is 15.7. The summed E-state index contributed by atoms with van der Waals surface area (Å²) in [5, 5.41) is 10.9. The van der Waals surface area contributed by atoms with Crippen molar-refractivity contribution in [3.8, 4) is 5.75 Å². The van der Waals surface area contributed by atoms with Gasteiger partial charge in [0.15, 0.2) is 5.75 Å². The Morgan fingerprint density at radius 1 is 1.11 bits per heavy atom. The molecule has 0 saturated heterocycles. The van der Waals surface area contributed by atoms with Gasteiger partial charge < -0.3 is 14.7 Å². The number of carbonyl (C=O) groups excluding carboxylic acids is 2. The van der Waals surface area contributed by atoms with Crippen molar-refractivity contribution in [1.29, 1.82) is 0 Å². The minimum atomic E-state index is -0.760. The van der Waals surface area contributed by atoms with Crippen molar-refractivity contribution in [1.82, 2.24) is 9.88 Å². The molecule has 1 amide bonds. The van der Waals surface area contributed by atoms with Gasteiger partial charge in [-0.15, -0.1) is 0 Å². The van der Waals surface area contributed by atoms with Crippen LogP contribution in [-0.2, 0) is 11.2 Å². The molecule has 0 radical (unpaired) electrons. The van der Waals surface area contributed by atoms with E-state index in [1.165, 1.54) is 30.2 Å². The van der Waals surface area contributed by atoms with Crippen LogP contribution in [0.15, 0.2) is 42.6 Å². The molecule has 144 valence electrons. The first kappa shape index (κ1) is 19.3. The SMILES string of the molecule is COC(=O)c1cc(C(=O)N(C)C)c2cc(Cc3ccc(F)cc3)cnc2c1O. The first-order valence-electron chi connectivity index (χ1n) is 8.50. The molecule has 0 atom stereocenters. The lowest BCUT2D eigenvalue weighted by Crippen LogP contribution is -2.22. The summed E-state index contributed by atoms with van der Waals surface area (Å²) < 4.78 is 17.8. The standard InChI is InChI=1S/C21H19FN2O4/c1-24(2)20(26)16-10-17(21(27)28-3)19(25)18-15(16)9-13(11-23-18)8-12-4-6-14(22)7-5-12/h4-7,9-11,25H,8H2,1-3H3. The number of aromatic hydroxyl groups is 1. The summed E-state index contributed by atoms with van der Waals surface area (Å²) in [5.41, 5.74) is 1.89. The molecule has 0 saturated carbocycles. The van der Waals surface area contributed by atoms with E-state index in [9.17, 15) is 19.1 Å². The number of amides is 1. The number of hydrogen-bond acceptors (Lipinski definition) is 5. The fourth-order valence-corrected chi connectivity index (χ4v) is 2.94. The normalized spacial score (nSPS) is 10.7. The Morgan fingerprint density at radius 2 is 1.79 bits per heavy atom. The lowest BCUT2D eigenvalue weighted by molar-refractivity contribution is 0.0597. The quantitative estimate of drug-likeness (QED) is 0.701. The summed E-state index contributed by atoms with van der Waals surface area (Å²) in [5.74, 6) is -1.76. The number of aromatic nitrogens is 1. The molecular weight excluding hydrogens is 363 g/mol. The molecule has 1 aromatic heterocycles. The number of nitrogens with zero attached hydrogens (tertiary/aromatic N) is 2. The average molecular weight is 382 g/mol. The fraction of sp³-hybridized carbons (Fsp3) is 0.190. The van der Waals surface area contributed by atoms with Crippen molar-refractivity contribution in [2.75, 3.05) is 21.2 Å². The van der Waals surface area contributed by atoms with Crippen LogP contribution in [0.2, 0.25) is 0 Å². The van der Waals surface area contributed by atoms with E-state index < -0.39 is 5.97 Å². The van der Waals surface area contributed by atoms with Crippen LogP contribution in [0.5, 0.6) is 5.75 Å². The van der Waals surface area contributed by atoms with Gasteiger partial charge in [0.1, 0.15) is 16.9 Å². The monoisotopic (exact) mass is 382 g/mol. The van der Waals surface area contributed by atoms with Crippen LogP contribution >= 0.6 is 0 Å². The van der Waals surface area contributed by atoms with E-state index in [0.717, 1.165) is 11.1 Å². The van der Waals surface area contributed by atoms with Gasteiger partial charge in [-0.3, -0.25) is 9.78 Å². The number of benzene rings is 2. The third kappa shape index (κ3) is 3.64. The Morgan fingerprint density at radius 3 is 2.39 bits per heavy atom. The fourth-order valence-electron chi connectivity index (χ4n) is 2.94. The number of phenols is 1. The highest BCUT2D eigenvalue weighted by Crippen LogP contribution is 2.32. The van der Waals surface area contributed by atoms with E-state index in [0.29, 0.717) is 11.8 Å². The molecule has 7 heteroatoms. The summed E-state index contributed by atoms with van der Waals surface area (Å²) in [7, 11) is 4.38. The van der Waals surface area contributed by atoms with Crippen LogP contribution in [0.3, 0.4) is 0 Å². The Balaban J connectivity index is 2.17. The van der Waals surface area contributed by atoms with Crippen molar-refractivity contribution in [2.24, 2.45) is 0 Å². The van der Waals surface area contributed by atoms with Gasteiger partial charge in [-0.1, -0.05) is 12.1 Å². The topological polar surface area (TPSA) is 79.7 Å². The van der Waals surface area contributed by atoms with Gasteiger partial charge in [-0.05, 0) is 41.8 Å². The molecule has 0 spiro atoms. The predicted octanol–water partition coefficient (Wildman–Crippen LogP) is 3.16. The highest BCUT2D eigenvalue weighted by molar-refractivity contribution is 6.11. The van der Waals surface area contributed by atoms with Gasteiger partial charge >= 0.3 is 5.97 Å².